The number of halogens is 2. The van der Waals surface area contributed by atoms with Gasteiger partial charge in [0.1, 0.15) is 8.07 Å². The van der Waals surface area contributed by atoms with Gasteiger partial charge in [-0.05, 0) is 44.7 Å². The number of unbranched alkanes of at least 4 members (excludes halogenated alkanes) is 4. The van der Waals surface area contributed by atoms with E-state index in [1.807, 2.05) is 0 Å². The van der Waals surface area contributed by atoms with Crippen molar-refractivity contribution in [2.75, 3.05) is 0 Å². The van der Waals surface area contributed by atoms with E-state index < -0.39 is 8.07 Å². The van der Waals surface area contributed by atoms with Crippen LogP contribution in [0, 0.1) is 11.5 Å². The maximum absolute atomic E-state index is 3.50. The first kappa shape index (κ1) is 17.5. The van der Waals surface area contributed by atoms with E-state index in [9.17, 15) is 0 Å². The molecule has 0 aliphatic carbocycles. The zero-order chi connectivity index (χ0) is 13.3. The van der Waals surface area contributed by atoms with Gasteiger partial charge in [-0.15, -0.1) is 5.54 Å². The fourth-order valence-corrected chi connectivity index (χ4v) is 2.49. The summed E-state index contributed by atoms with van der Waals surface area (Å²) in [6.45, 7) is 9.09. The van der Waals surface area contributed by atoms with Crippen molar-refractivity contribution < 1.29 is 0 Å². The molecule has 98 valence electrons. The summed E-state index contributed by atoms with van der Waals surface area (Å²) in [5.74, 6) is 3.35. The van der Waals surface area contributed by atoms with E-state index in [-0.39, 0.29) is 0 Å². The molecule has 0 aromatic rings. The van der Waals surface area contributed by atoms with Crippen LogP contribution in [0.1, 0.15) is 45.4 Å². The highest BCUT2D eigenvalue weighted by atomic mass is 79.9. The molecule has 0 nitrogen and oxygen atoms in total. The summed E-state index contributed by atoms with van der Waals surface area (Å²) in [6, 6.07) is 0. The molecule has 0 amide bonds. The summed E-state index contributed by atoms with van der Waals surface area (Å²) in [5.41, 5.74) is 4.65. The van der Waals surface area contributed by atoms with Crippen LogP contribution in [-0.4, -0.2) is 8.07 Å². The van der Waals surface area contributed by atoms with Crippen LogP contribution in [0.25, 0.3) is 0 Å². The van der Waals surface area contributed by atoms with Crippen molar-refractivity contribution in [3.8, 4) is 11.5 Å². The first-order valence-corrected chi connectivity index (χ1v) is 11.5. The molecular formula is C14H24Br2Si. The molecule has 0 heterocycles. The van der Waals surface area contributed by atoms with E-state index in [2.05, 4.69) is 69.9 Å². The third-order valence-corrected chi connectivity index (χ3v) is 4.18. The van der Waals surface area contributed by atoms with E-state index in [1.54, 1.807) is 0 Å². The van der Waals surface area contributed by atoms with Crippen molar-refractivity contribution in [2.45, 2.75) is 65.1 Å². The second-order valence-electron chi connectivity index (χ2n) is 5.40. The van der Waals surface area contributed by atoms with Gasteiger partial charge in [0.25, 0.3) is 0 Å². The van der Waals surface area contributed by atoms with Crippen LogP contribution in [0.15, 0.2) is 8.96 Å². The molecular weight excluding hydrogens is 356 g/mol. The van der Waals surface area contributed by atoms with E-state index in [1.165, 1.54) is 37.7 Å². The van der Waals surface area contributed by atoms with Gasteiger partial charge in [0.05, 0.1) is 3.39 Å². The van der Waals surface area contributed by atoms with Crippen LogP contribution in [0.5, 0.6) is 0 Å². The van der Waals surface area contributed by atoms with Crippen molar-refractivity contribution in [1.82, 2.24) is 0 Å². The molecule has 0 saturated heterocycles. The Balaban J connectivity index is 4.20. The Hall–Kier alpha value is 0.477. The second-order valence-corrected chi connectivity index (χ2v) is 12.8. The smallest absolute Gasteiger partial charge is 0.127 e. The van der Waals surface area contributed by atoms with Gasteiger partial charge in [0.2, 0.25) is 0 Å². The second kappa shape index (κ2) is 9.41. The predicted molar refractivity (Wildman–Crippen MR) is 89.4 cm³/mol. The largest absolute Gasteiger partial charge is 0.129 e. The molecule has 0 aliphatic heterocycles. The Morgan fingerprint density at radius 1 is 1.00 bits per heavy atom. The zero-order valence-corrected chi connectivity index (χ0v) is 15.7. The fraction of sp³-hybridized carbons (Fsp3) is 0.714. The van der Waals surface area contributed by atoms with Crippen molar-refractivity contribution in [3.63, 3.8) is 0 Å². The molecule has 0 bridgehead atoms. The SMILES string of the molecule is CCCCCCCC(C#C[Si](C)(C)C)=C(Br)Br. The monoisotopic (exact) mass is 378 g/mol. The van der Waals surface area contributed by atoms with E-state index in [0.717, 1.165) is 9.81 Å². The van der Waals surface area contributed by atoms with Gasteiger partial charge in [-0.3, -0.25) is 0 Å². The van der Waals surface area contributed by atoms with Crippen LogP contribution in [0.2, 0.25) is 19.6 Å². The van der Waals surface area contributed by atoms with Gasteiger partial charge in [0.15, 0.2) is 0 Å². The van der Waals surface area contributed by atoms with Crippen molar-refractivity contribution in [3.05, 3.63) is 8.96 Å². The molecule has 0 fully saturated rings. The lowest BCUT2D eigenvalue weighted by atomic mass is 10.1. The molecule has 0 aliphatic rings. The first-order valence-electron chi connectivity index (χ1n) is 6.44. The molecule has 0 atom stereocenters. The minimum Gasteiger partial charge on any atom is -0.127 e. The summed E-state index contributed by atoms with van der Waals surface area (Å²) in [4.78, 5) is 0. The molecule has 0 radical (unpaired) electrons. The molecule has 0 aromatic carbocycles. The highest BCUT2D eigenvalue weighted by Gasteiger charge is 2.08. The summed E-state index contributed by atoms with van der Waals surface area (Å²) in [6.07, 6.45) is 7.67. The average Bonchev–Trinajstić information content (AvgIpc) is 2.20. The average molecular weight is 380 g/mol. The highest BCUT2D eigenvalue weighted by molar-refractivity contribution is 9.28. The van der Waals surface area contributed by atoms with E-state index in [4.69, 9.17) is 0 Å². The van der Waals surface area contributed by atoms with Crippen LogP contribution in [-0.2, 0) is 0 Å². The Bertz CT molecular complexity index is 298. The molecule has 0 aromatic heterocycles. The Morgan fingerprint density at radius 3 is 2.06 bits per heavy atom. The van der Waals surface area contributed by atoms with Crippen LogP contribution in [0.4, 0.5) is 0 Å². The van der Waals surface area contributed by atoms with Crippen molar-refractivity contribution in [1.29, 1.82) is 0 Å². The number of allylic oxidation sites excluding steroid dienone is 1. The molecule has 0 N–H and O–H groups in total. The number of hydrogen-bond acceptors (Lipinski definition) is 0. The minimum atomic E-state index is -1.26. The third kappa shape index (κ3) is 11.3. The van der Waals surface area contributed by atoms with Gasteiger partial charge < -0.3 is 0 Å². The maximum Gasteiger partial charge on any atom is 0.129 e. The number of rotatable bonds is 6. The Morgan fingerprint density at radius 2 is 1.59 bits per heavy atom. The van der Waals surface area contributed by atoms with E-state index >= 15 is 0 Å². The molecule has 0 saturated carbocycles. The van der Waals surface area contributed by atoms with Crippen LogP contribution < -0.4 is 0 Å². The zero-order valence-electron chi connectivity index (χ0n) is 11.5. The molecule has 0 rings (SSSR count). The lowest BCUT2D eigenvalue weighted by Gasteiger charge is -2.05. The summed E-state index contributed by atoms with van der Waals surface area (Å²) in [7, 11) is -1.26. The van der Waals surface area contributed by atoms with Crippen molar-refractivity contribution in [2.24, 2.45) is 0 Å². The van der Waals surface area contributed by atoms with Gasteiger partial charge >= 0.3 is 0 Å². The summed E-state index contributed by atoms with van der Waals surface area (Å²) < 4.78 is 1.03. The highest BCUT2D eigenvalue weighted by Crippen LogP contribution is 2.23. The predicted octanol–water partition coefficient (Wildman–Crippen LogP) is 6.23. The molecule has 0 spiro atoms. The van der Waals surface area contributed by atoms with Crippen LogP contribution in [0.3, 0.4) is 0 Å². The van der Waals surface area contributed by atoms with Crippen LogP contribution >= 0.6 is 31.9 Å². The van der Waals surface area contributed by atoms with Gasteiger partial charge in [-0.1, -0.05) is 58.2 Å². The maximum atomic E-state index is 3.50. The van der Waals surface area contributed by atoms with E-state index in [0.29, 0.717) is 0 Å². The lowest BCUT2D eigenvalue weighted by molar-refractivity contribution is 0.634. The fourth-order valence-electron chi connectivity index (χ4n) is 1.37. The third-order valence-electron chi connectivity index (χ3n) is 2.35. The molecule has 17 heavy (non-hydrogen) atoms. The topological polar surface area (TPSA) is 0 Å². The quantitative estimate of drug-likeness (QED) is 0.291. The number of hydrogen-bond donors (Lipinski definition) is 0. The van der Waals surface area contributed by atoms with Gasteiger partial charge in [-0.25, -0.2) is 0 Å². The van der Waals surface area contributed by atoms with Crippen molar-refractivity contribution >= 4 is 39.9 Å². The minimum absolute atomic E-state index is 1.03. The Kier molecular flexibility index (Phi) is 9.68. The summed E-state index contributed by atoms with van der Waals surface area (Å²) >= 11 is 7.00. The molecule has 3 heteroatoms. The first-order chi connectivity index (χ1) is 7.87. The lowest BCUT2D eigenvalue weighted by Crippen LogP contribution is -2.16. The molecule has 0 unspecified atom stereocenters. The van der Waals surface area contributed by atoms with Gasteiger partial charge in [0, 0.05) is 5.57 Å². The standard InChI is InChI=1S/C14H24Br2Si/c1-5-6-7-8-9-10-13(14(15)16)11-12-17(2,3)4/h5-10H2,1-4H3. The summed E-state index contributed by atoms with van der Waals surface area (Å²) in [5, 5.41) is 0. The Labute approximate surface area is 125 Å². The van der Waals surface area contributed by atoms with Gasteiger partial charge in [-0.2, -0.15) is 0 Å². The normalized spacial score (nSPS) is 10.7.